The topological polar surface area (TPSA) is 35.6 Å². The lowest BCUT2D eigenvalue weighted by Gasteiger charge is -2.30. The van der Waals surface area contributed by atoms with Crippen molar-refractivity contribution in [2.75, 3.05) is 37.6 Å². The first kappa shape index (κ1) is 16.1. The van der Waals surface area contributed by atoms with Gasteiger partial charge in [0.25, 0.3) is 0 Å². The Kier molecular flexibility index (Phi) is 5.03. The van der Waals surface area contributed by atoms with Crippen LogP contribution in [0.1, 0.15) is 26.2 Å². The van der Waals surface area contributed by atoms with Gasteiger partial charge in [0, 0.05) is 38.4 Å². The summed E-state index contributed by atoms with van der Waals surface area (Å²) < 4.78 is 13.0. The first-order chi connectivity index (χ1) is 11.1. The average Bonchev–Trinajstić information content (AvgIpc) is 3.03. The normalized spacial score (nSPS) is 22.4. The van der Waals surface area contributed by atoms with Crippen LogP contribution in [-0.4, -0.2) is 43.7 Å². The lowest BCUT2D eigenvalue weighted by Crippen LogP contribution is -2.45. The van der Waals surface area contributed by atoms with E-state index in [0.29, 0.717) is 5.92 Å². The molecular formula is C18H26FN3O. The summed E-state index contributed by atoms with van der Waals surface area (Å²) in [5, 5.41) is 3.09. The number of hydrogen-bond donors (Lipinski definition) is 1. The molecule has 0 radical (unpaired) electrons. The van der Waals surface area contributed by atoms with Crippen molar-refractivity contribution < 1.29 is 9.18 Å². The standard InChI is InChI=1S/C18H26FN3O/c1-14-6-9-21(10-7-14)18(23)20-12-15-8-11-22(13-15)17-4-2-16(19)3-5-17/h2-5,14-15H,6-13H2,1H3,(H,20,23). The van der Waals surface area contributed by atoms with Crippen LogP contribution in [0.4, 0.5) is 14.9 Å². The molecule has 2 fully saturated rings. The number of amides is 2. The molecule has 2 aliphatic rings. The summed E-state index contributed by atoms with van der Waals surface area (Å²) in [5.41, 5.74) is 1.06. The number of halogens is 1. The number of nitrogens with zero attached hydrogens (tertiary/aromatic N) is 2. The van der Waals surface area contributed by atoms with Crippen molar-refractivity contribution in [3.8, 4) is 0 Å². The quantitative estimate of drug-likeness (QED) is 0.929. The minimum absolute atomic E-state index is 0.0807. The van der Waals surface area contributed by atoms with E-state index < -0.39 is 0 Å². The van der Waals surface area contributed by atoms with Crippen LogP contribution in [-0.2, 0) is 0 Å². The second-order valence-electron chi connectivity index (χ2n) is 6.93. The van der Waals surface area contributed by atoms with Crippen LogP contribution in [0.15, 0.2) is 24.3 Å². The molecule has 0 saturated carbocycles. The molecule has 0 aromatic heterocycles. The molecule has 1 atom stereocenters. The highest BCUT2D eigenvalue weighted by atomic mass is 19.1. The number of benzene rings is 1. The molecule has 2 amide bonds. The SMILES string of the molecule is CC1CCN(C(=O)NCC2CCN(c3ccc(F)cc3)C2)CC1. The molecule has 2 heterocycles. The molecule has 0 aliphatic carbocycles. The highest BCUT2D eigenvalue weighted by Gasteiger charge is 2.25. The van der Waals surface area contributed by atoms with Gasteiger partial charge in [-0.15, -0.1) is 0 Å². The fourth-order valence-electron chi connectivity index (χ4n) is 3.44. The van der Waals surface area contributed by atoms with E-state index in [2.05, 4.69) is 17.1 Å². The average molecular weight is 319 g/mol. The van der Waals surface area contributed by atoms with E-state index in [-0.39, 0.29) is 11.8 Å². The predicted octanol–water partition coefficient (Wildman–Crippen LogP) is 3.09. The van der Waals surface area contributed by atoms with E-state index in [1.54, 1.807) is 0 Å². The van der Waals surface area contributed by atoms with Gasteiger partial charge in [-0.3, -0.25) is 0 Å². The molecule has 3 rings (SSSR count). The van der Waals surface area contributed by atoms with Crippen molar-refractivity contribution >= 4 is 11.7 Å². The fraction of sp³-hybridized carbons (Fsp3) is 0.611. The molecule has 1 N–H and O–H groups in total. The maximum Gasteiger partial charge on any atom is 0.317 e. The Bertz CT molecular complexity index is 526. The Balaban J connectivity index is 1.43. The van der Waals surface area contributed by atoms with E-state index >= 15 is 0 Å². The van der Waals surface area contributed by atoms with Gasteiger partial charge in [-0.2, -0.15) is 0 Å². The van der Waals surface area contributed by atoms with Gasteiger partial charge in [0.15, 0.2) is 0 Å². The van der Waals surface area contributed by atoms with Gasteiger partial charge >= 0.3 is 6.03 Å². The maximum atomic E-state index is 13.0. The summed E-state index contributed by atoms with van der Waals surface area (Å²) in [6.45, 7) is 6.61. The van der Waals surface area contributed by atoms with Crippen molar-refractivity contribution in [2.24, 2.45) is 11.8 Å². The van der Waals surface area contributed by atoms with Crippen LogP contribution >= 0.6 is 0 Å². The monoisotopic (exact) mass is 319 g/mol. The largest absolute Gasteiger partial charge is 0.371 e. The summed E-state index contributed by atoms with van der Waals surface area (Å²) in [7, 11) is 0. The minimum Gasteiger partial charge on any atom is -0.371 e. The number of carbonyl (C=O) groups excluding carboxylic acids is 1. The molecule has 0 spiro atoms. The molecule has 2 saturated heterocycles. The van der Waals surface area contributed by atoms with Crippen molar-refractivity contribution in [2.45, 2.75) is 26.2 Å². The summed E-state index contributed by atoms with van der Waals surface area (Å²) in [5.74, 6) is 0.999. The lowest BCUT2D eigenvalue weighted by atomic mass is 10.00. The summed E-state index contributed by atoms with van der Waals surface area (Å²) in [4.78, 5) is 16.4. The molecule has 1 unspecified atom stereocenters. The number of carbonyl (C=O) groups is 1. The van der Waals surface area contributed by atoms with Crippen LogP contribution < -0.4 is 10.2 Å². The van der Waals surface area contributed by atoms with Gasteiger partial charge in [-0.05, 0) is 55.4 Å². The van der Waals surface area contributed by atoms with E-state index in [9.17, 15) is 9.18 Å². The minimum atomic E-state index is -0.201. The Morgan fingerprint density at radius 2 is 1.87 bits per heavy atom. The zero-order chi connectivity index (χ0) is 16.2. The smallest absolute Gasteiger partial charge is 0.317 e. The van der Waals surface area contributed by atoms with Gasteiger partial charge in [0.2, 0.25) is 0 Å². The molecule has 1 aromatic rings. The van der Waals surface area contributed by atoms with Crippen LogP contribution in [0, 0.1) is 17.7 Å². The van der Waals surface area contributed by atoms with Crippen LogP contribution in [0.25, 0.3) is 0 Å². The third-order valence-corrected chi connectivity index (χ3v) is 5.09. The van der Waals surface area contributed by atoms with Crippen LogP contribution in [0.5, 0.6) is 0 Å². The number of likely N-dealkylation sites (tertiary alicyclic amines) is 1. The second kappa shape index (κ2) is 7.20. The number of anilines is 1. The van der Waals surface area contributed by atoms with Gasteiger partial charge in [0.1, 0.15) is 5.82 Å². The highest BCUT2D eigenvalue weighted by Crippen LogP contribution is 2.23. The maximum absolute atomic E-state index is 13.0. The number of nitrogens with one attached hydrogen (secondary N) is 1. The number of urea groups is 1. The zero-order valence-electron chi connectivity index (χ0n) is 13.8. The fourth-order valence-corrected chi connectivity index (χ4v) is 3.44. The first-order valence-electron chi connectivity index (χ1n) is 8.65. The van der Waals surface area contributed by atoms with Crippen molar-refractivity contribution in [1.82, 2.24) is 10.2 Å². The molecule has 23 heavy (non-hydrogen) atoms. The number of rotatable bonds is 3. The highest BCUT2D eigenvalue weighted by molar-refractivity contribution is 5.74. The number of hydrogen-bond acceptors (Lipinski definition) is 2. The van der Waals surface area contributed by atoms with Gasteiger partial charge in [-0.1, -0.05) is 6.92 Å². The van der Waals surface area contributed by atoms with Gasteiger partial charge < -0.3 is 15.1 Å². The van der Waals surface area contributed by atoms with E-state index in [1.807, 2.05) is 17.0 Å². The third-order valence-electron chi connectivity index (χ3n) is 5.09. The van der Waals surface area contributed by atoms with Crippen molar-refractivity contribution in [3.63, 3.8) is 0 Å². The Morgan fingerprint density at radius 3 is 2.57 bits per heavy atom. The summed E-state index contributed by atoms with van der Waals surface area (Å²) >= 11 is 0. The van der Waals surface area contributed by atoms with E-state index in [4.69, 9.17) is 0 Å². The number of piperidine rings is 1. The molecule has 2 aliphatic heterocycles. The lowest BCUT2D eigenvalue weighted by molar-refractivity contribution is 0.173. The van der Waals surface area contributed by atoms with Crippen LogP contribution in [0.3, 0.4) is 0 Å². The summed E-state index contributed by atoms with van der Waals surface area (Å²) in [6, 6.07) is 6.73. The Hall–Kier alpha value is -1.78. The predicted molar refractivity (Wildman–Crippen MR) is 90.1 cm³/mol. The molecule has 126 valence electrons. The first-order valence-corrected chi connectivity index (χ1v) is 8.65. The Labute approximate surface area is 137 Å². The van der Waals surface area contributed by atoms with Gasteiger partial charge in [-0.25, -0.2) is 9.18 Å². The second-order valence-corrected chi connectivity index (χ2v) is 6.93. The third kappa shape index (κ3) is 4.15. The van der Waals surface area contributed by atoms with E-state index in [1.165, 1.54) is 12.1 Å². The van der Waals surface area contributed by atoms with Crippen molar-refractivity contribution in [3.05, 3.63) is 30.1 Å². The molecule has 5 heteroatoms. The molecule has 0 bridgehead atoms. The zero-order valence-corrected chi connectivity index (χ0v) is 13.8. The van der Waals surface area contributed by atoms with Gasteiger partial charge in [0.05, 0.1) is 0 Å². The molecule has 4 nitrogen and oxygen atoms in total. The molecule has 1 aromatic carbocycles. The molecular weight excluding hydrogens is 293 g/mol. The van der Waals surface area contributed by atoms with E-state index in [0.717, 1.165) is 63.6 Å². The summed E-state index contributed by atoms with van der Waals surface area (Å²) in [6.07, 6.45) is 3.28. The van der Waals surface area contributed by atoms with Crippen molar-refractivity contribution in [1.29, 1.82) is 0 Å². The Morgan fingerprint density at radius 1 is 1.17 bits per heavy atom. The van der Waals surface area contributed by atoms with Crippen LogP contribution in [0.2, 0.25) is 0 Å².